The number of nitrogens with one attached hydrogen (secondary N) is 1. The quantitative estimate of drug-likeness (QED) is 0.604. The van der Waals surface area contributed by atoms with Crippen LogP contribution in [0.25, 0.3) is 11.1 Å². The highest BCUT2D eigenvalue weighted by Crippen LogP contribution is 2.23. The second-order valence-corrected chi connectivity index (χ2v) is 10.5. The number of hydrogen-bond acceptors (Lipinski definition) is 4. The van der Waals surface area contributed by atoms with Gasteiger partial charge in [-0.15, -0.1) is 5.10 Å². The first-order valence-corrected chi connectivity index (χ1v) is 12.7. The second kappa shape index (κ2) is 9.18. The minimum absolute atomic E-state index is 0.173. The number of benzene rings is 2. The number of aromatic nitrogens is 2. The third-order valence-electron chi connectivity index (χ3n) is 5.59. The Bertz CT molecular complexity index is 1200. The molecule has 0 aliphatic carbocycles. The fraction of sp³-hybridized carbons (Fsp3) is 0.292. The van der Waals surface area contributed by atoms with Crippen LogP contribution in [0.2, 0.25) is 0 Å². The van der Waals surface area contributed by atoms with E-state index in [1.807, 2.05) is 6.07 Å². The predicted octanol–water partition coefficient (Wildman–Crippen LogP) is 3.32. The molecule has 1 aliphatic heterocycles. The number of anilines is 1. The molecular formula is C24H29N5O2S. The van der Waals surface area contributed by atoms with Crippen LogP contribution >= 0.6 is 0 Å². The summed E-state index contributed by atoms with van der Waals surface area (Å²) in [5.74, 6) is 3.93. The van der Waals surface area contributed by atoms with Gasteiger partial charge in [-0.3, -0.25) is 9.62 Å². The maximum atomic E-state index is 12.8. The average molecular weight is 452 g/mol. The fourth-order valence-corrected chi connectivity index (χ4v) is 4.42. The number of nitrogens with zero attached hydrogens (tertiary/aromatic N) is 4. The van der Waals surface area contributed by atoms with E-state index in [1.54, 1.807) is 17.2 Å². The molecule has 0 spiro atoms. The lowest BCUT2D eigenvalue weighted by atomic mass is 9.99. The van der Waals surface area contributed by atoms with Crippen molar-refractivity contribution in [1.82, 2.24) is 19.6 Å². The van der Waals surface area contributed by atoms with Crippen LogP contribution in [0.15, 0.2) is 60.8 Å². The lowest BCUT2D eigenvalue weighted by Crippen LogP contribution is -2.49. The van der Waals surface area contributed by atoms with Crippen molar-refractivity contribution in [3.05, 3.63) is 71.9 Å². The summed E-state index contributed by atoms with van der Waals surface area (Å²) in [6.45, 7) is 5.92. The van der Waals surface area contributed by atoms with Gasteiger partial charge in [0.05, 0.1) is 0 Å². The van der Waals surface area contributed by atoms with Crippen molar-refractivity contribution in [2.24, 2.45) is 0 Å². The molecule has 1 unspecified atom stereocenters. The van der Waals surface area contributed by atoms with Crippen LogP contribution in [0, 0.1) is 6.92 Å². The topological polar surface area (TPSA) is 70.5 Å². The van der Waals surface area contributed by atoms with Crippen molar-refractivity contribution in [3.8, 4) is 11.1 Å². The van der Waals surface area contributed by atoms with Crippen molar-refractivity contribution in [3.63, 3.8) is 0 Å². The minimum Gasteiger partial charge on any atom is -0.320 e. The molecule has 0 bridgehead atoms. The van der Waals surface area contributed by atoms with Gasteiger partial charge in [0.2, 0.25) is 0 Å². The Balaban J connectivity index is 1.33. The number of amides is 1. The number of hydrogen-bond donors (Lipinski definition) is 1. The lowest BCUT2D eigenvalue weighted by Gasteiger charge is -2.34. The average Bonchev–Trinajstić information content (AvgIpc) is 3.22. The zero-order valence-electron chi connectivity index (χ0n) is 18.5. The van der Waals surface area contributed by atoms with Gasteiger partial charge in [0.1, 0.15) is 0 Å². The third kappa shape index (κ3) is 5.38. The molecule has 1 amide bonds. The molecule has 168 valence electrons. The van der Waals surface area contributed by atoms with Crippen molar-refractivity contribution < 1.29 is 9.00 Å². The number of rotatable bonds is 5. The third-order valence-corrected chi connectivity index (χ3v) is 6.23. The summed E-state index contributed by atoms with van der Waals surface area (Å²) in [6, 6.07) is 18.5. The maximum absolute atomic E-state index is 12.8. The summed E-state index contributed by atoms with van der Waals surface area (Å²) in [5, 5.41) is 4.18. The van der Waals surface area contributed by atoms with E-state index >= 15 is 0 Å². The molecular weight excluding hydrogens is 422 g/mol. The predicted molar refractivity (Wildman–Crippen MR) is 131 cm³/mol. The van der Waals surface area contributed by atoms with Gasteiger partial charge in [0.15, 0.2) is 5.82 Å². The summed E-state index contributed by atoms with van der Waals surface area (Å²) in [5.41, 5.74) is 5.04. The van der Waals surface area contributed by atoms with Crippen LogP contribution in [0.5, 0.6) is 0 Å². The molecule has 1 N–H and O–H groups in total. The molecule has 1 aromatic heterocycles. The minimum atomic E-state index is -2.43. The van der Waals surface area contributed by atoms with Crippen molar-refractivity contribution in [1.29, 1.82) is 0 Å². The van der Waals surface area contributed by atoms with Gasteiger partial charge >= 0.3 is 6.03 Å². The van der Waals surface area contributed by atoms with E-state index in [1.165, 1.54) is 33.2 Å². The van der Waals surface area contributed by atoms with Gasteiger partial charge in [-0.25, -0.2) is 9.00 Å². The largest absolute Gasteiger partial charge is 0.344 e. The van der Waals surface area contributed by atoms with Gasteiger partial charge in [0.25, 0.3) is 0 Å². The molecule has 1 aliphatic rings. The molecule has 2 heterocycles. The maximum Gasteiger partial charge on any atom is 0.344 e. The first-order chi connectivity index (χ1) is 15.3. The Morgan fingerprint density at radius 2 is 1.78 bits per heavy atom. The molecule has 2 aromatic carbocycles. The van der Waals surface area contributed by atoms with E-state index < -0.39 is 9.71 Å². The number of aryl methyl sites for hydroxylation is 1. The molecule has 1 fully saturated rings. The van der Waals surface area contributed by atoms with Crippen LogP contribution in [-0.4, -0.2) is 68.1 Å². The Morgan fingerprint density at radius 3 is 2.44 bits per heavy atom. The molecule has 1 saturated heterocycles. The highest BCUT2D eigenvalue weighted by Gasteiger charge is 2.23. The summed E-state index contributed by atoms with van der Waals surface area (Å²) in [6.07, 6.45) is 3.07. The van der Waals surface area contributed by atoms with Crippen LogP contribution in [0.1, 0.15) is 11.1 Å². The van der Waals surface area contributed by atoms with E-state index in [0.29, 0.717) is 18.9 Å². The summed E-state index contributed by atoms with van der Waals surface area (Å²) >= 11 is 0. The van der Waals surface area contributed by atoms with Gasteiger partial charge in [0, 0.05) is 61.0 Å². The zero-order chi connectivity index (χ0) is 22.7. The van der Waals surface area contributed by atoms with E-state index in [9.17, 15) is 9.00 Å². The van der Waals surface area contributed by atoms with Crippen LogP contribution in [0.4, 0.5) is 10.6 Å². The smallest absolute Gasteiger partial charge is 0.320 e. The zero-order valence-corrected chi connectivity index (χ0v) is 19.3. The molecule has 7 nitrogen and oxygen atoms in total. The van der Waals surface area contributed by atoms with Gasteiger partial charge in [-0.05, 0) is 35.0 Å². The summed E-state index contributed by atoms with van der Waals surface area (Å²) in [7, 11) is -2.43. The number of carbonyl (C=O) groups is 1. The molecule has 1 atom stereocenters. The van der Waals surface area contributed by atoms with Crippen LogP contribution in [0.3, 0.4) is 0 Å². The number of carbonyl (C=O) groups excluding carboxylic acids is 1. The highest BCUT2D eigenvalue weighted by atomic mass is 32.2. The Labute approximate surface area is 189 Å². The first-order valence-electron chi connectivity index (χ1n) is 10.6. The van der Waals surface area contributed by atoms with Gasteiger partial charge in [-0.2, -0.15) is 4.68 Å². The standard InChI is InChI=1S/C24H29N5O2S/c1-19-17-21(20-7-5-4-6-8-20)9-10-22(19)18-27-13-15-28(16-14-27)24(30)29-12-11-23(25-29)26-32(2,3)31/h4-12,17H,2,13-16,18H2,1,3H3,(H,25,26,31). The molecule has 0 radical (unpaired) electrons. The van der Waals surface area contributed by atoms with E-state index in [2.05, 4.69) is 70.0 Å². The van der Waals surface area contributed by atoms with E-state index in [0.717, 1.165) is 19.6 Å². The van der Waals surface area contributed by atoms with Crippen LogP contribution < -0.4 is 4.72 Å². The summed E-state index contributed by atoms with van der Waals surface area (Å²) in [4.78, 5) is 16.9. The SMILES string of the molecule is C=S(C)(=O)Nc1ccn(C(=O)N2CCN(Cc3ccc(-c4ccccc4)cc3C)CC2)n1. The highest BCUT2D eigenvalue weighted by molar-refractivity contribution is 8.00. The number of piperazine rings is 1. The first kappa shape index (κ1) is 22.1. The van der Waals surface area contributed by atoms with E-state index in [4.69, 9.17) is 0 Å². The van der Waals surface area contributed by atoms with Gasteiger partial charge < -0.3 is 4.90 Å². The van der Waals surface area contributed by atoms with Crippen molar-refractivity contribution in [2.45, 2.75) is 13.5 Å². The fourth-order valence-electron chi connectivity index (χ4n) is 3.87. The van der Waals surface area contributed by atoms with E-state index in [-0.39, 0.29) is 6.03 Å². The van der Waals surface area contributed by atoms with Gasteiger partial charge in [-0.1, -0.05) is 48.5 Å². The second-order valence-electron chi connectivity index (χ2n) is 8.31. The summed E-state index contributed by atoms with van der Waals surface area (Å²) < 4.78 is 15.8. The monoisotopic (exact) mass is 451 g/mol. The molecule has 0 saturated carbocycles. The Morgan fingerprint density at radius 1 is 1.06 bits per heavy atom. The molecule has 32 heavy (non-hydrogen) atoms. The molecule has 4 rings (SSSR count). The molecule has 3 aromatic rings. The lowest BCUT2D eigenvalue weighted by molar-refractivity contribution is 0.134. The Hall–Kier alpha value is -3.10. The van der Waals surface area contributed by atoms with Crippen molar-refractivity contribution >= 4 is 27.4 Å². The normalized spacial score (nSPS) is 16.5. The van der Waals surface area contributed by atoms with Crippen molar-refractivity contribution in [2.75, 3.05) is 37.2 Å². The molecule has 8 heteroatoms. The Kier molecular flexibility index (Phi) is 6.34. The van der Waals surface area contributed by atoms with Crippen LogP contribution in [-0.2, 0) is 16.3 Å².